The van der Waals surface area contributed by atoms with Crippen LogP contribution in [0.2, 0.25) is 0 Å². The first kappa shape index (κ1) is 24.5. The molecule has 0 saturated heterocycles. The number of thiophene rings is 1. The third kappa shape index (κ3) is 7.19. The third-order valence-electron chi connectivity index (χ3n) is 5.70. The molecule has 1 N–H and O–H groups in total. The van der Waals surface area contributed by atoms with Crippen molar-refractivity contribution in [2.24, 2.45) is 0 Å². The van der Waals surface area contributed by atoms with E-state index in [4.69, 9.17) is 0 Å². The third-order valence-corrected chi connectivity index (χ3v) is 6.69. The van der Waals surface area contributed by atoms with Gasteiger partial charge in [0.05, 0.1) is 6.54 Å². The minimum Gasteiger partial charge on any atom is -0.332 e. The fourth-order valence-corrected chi connectivity index (χ4v) is 4.43. The lowest BCUT2D eigenvalue weighted by molar-refractivity contribution is -0.133. The van der Waals surface area contributed by atoms with Crippen LogP contribution in [0.1, 0.15) is 41.1 Å². The van der Waals surface area contributed by atoms with E-state index in [-0.39, 0.29) is 24.5 Å². The predicted octanol–water partition coefficient (Wildman–Crippen LogP) is 6.23. The summed E-state index contributed by atoms with van der Waals surface area (Å²) < 4.78 is 0. The molecule has 0 aliphatic rings. The Labute approximate surface area is 201 Å². The number of carbonyl (C=O) groups is 2. The molecule has 0 aliphatic carbocycles. The minimum absolute atomic E-state index is 0.0316. The van der Waals surface area contributed by atoms with Gasteiger partial charge in [-0.05, 0) is 57.0 Å². The average Bonchev–Trinajstić information content (AvgIpc) is 3.23. The van der Waals surface area contributed by atoms with Crippen LogP contribution in [-0.4, -0.2) is 34.3 Å². The Balaban J connectivity index is 1.77. The van der Waals surface area contributed by atoms with E-state index >= 15 is 0 Å². The molecule has 3 rings (SSSR count). The van der Waals surface area contributed by atoms with Crippen molar-refractivity contribution in [1.82, 2.24) is 9.80 Å². The molecule has 2 aromatic carbocycles. The van der Waals surface area contributed by atoms with E-state index in [1.165, 1.54) is 4.88 Å². The maximum Gasteiger partial charge on any atom is 0.322 e. The van der Waals surface area contributed by atoms with Gasteiger partial charge in [0, 0.05) is 28.0 Å². The summed E-state index contributed by atoms with van der Waals surface area (Å²) in [5.41, 5.74) is 2.92. The zero-order valence-electron chi connectivity index (χ0n) is 19.9. The summed E-state index contributed by atoms with van der Waals surface area (Å²) in [6, 6.07) is 21.5. The van der Waals surface area contributed by atoms with E-state index in [2.05, 4.69) is 24.4 Å². The van der Waals surface area contributed by atoms with E-state index in [1.807, 2.05) is 80.3 Å². The van der Waals surface area contributed by atoms with Crippen LogP contribution in [0.15, 0.2) is 66.7 Å². The standard InChI is InChI=1S/C27H33N3O2S/c1-5-21(3)30(27(32)28-24-14-11-20(2)12-15-24)19-26(31)29(17-23-9-7-6-8-10-23)18-25-16-13-22(4)33-25/h6-16,21H,5,17-19H2,1-4H3,(H,28,32). The first-order valence-electron chi connectivity index (χ1n) is 11.4. The van der Waals surface area contributed by atoms with Gasteiger partial charge in [-0.2, -0.15) is 0 Å². The van der Waals surface area contributed by atoms with Gasteiger partial charge in [0.1, 0.15) is 6.54 Å². The van der Waals surface area contributed by atoms with Crippen molar-refractivity contribution in [2.45, 2.75) is 53.2 Å². The number of hydrogen-bond acceptors (Lipinski definition) is 3. The lowest BCUT2D eigenvalue weighted by Gasteiger charge is -2.31. The highest BCUT2D eigenvalue weighted by atomic mass is 32.1. The van der Waals surface area contributed by atoms with Crippen LogP contribution < -0.4 is 5.32 Å². The SMILES string of the molecule is CCC(C)N(CC(=O)N(Cc1ccccc1)Cc1ccc(C)s1)C(=O)Nc1ccc(C)cc1. The number of benzene rings is 2. The van der Waals surface area contributed by atoms with Crippen LogP contribution in [0, 0.1) is 13.8 Å². The van der Waals surface area contributed by atoms with Gasteiger partial charge in [-0.3, -0.25) is 4.79 Å². The van der Waals surface area contributed by atoms with Gasteiger partial charge >= 0.3 is 6.03 Å². The molecule has 3 aromatic rings. The van der Waals surface area contributed by atoms with Crippen LogP contribution in [0.3, 0.4) is 0 Å². The molecular weight excluding hydrogens is 430 g/mol. The molecule has 3 amide bonds. The Morgan fingerprint density at radius 2 is 1.64 bits per heavy atom. The molecule has 0 saturated carbocycles. The maximum atomic E-state index is 13.5. The number of aryl methyl sites for hydroxylation is 2. The Kier molecular flexibility index (Phi) is 8.66. The number of nitrogens with zero attached hydrogens (tertiary/aromatic N) is 2. The minimum atomic E-state index is -0.256. The number of urea groups is 1. The van der Waals surface area contributed by atoms with Crippen molar-refractivity contribution < 1.29 is 9.59 Å². The van der Waals surface area contributed by atoms with Gasteiger partial charge in [0.25, 0.3) is 0 Å². The second-order valence-corrected chi connectivity index (χ2v) is 9.80. The van der Waals surface area contributed by atoms with Gasteiger partial charge in [0.2, 0.25) is 5.91 Å². The number of rotatable bonds is 9. The Hall–Kier alpha value is -3.12. The van der Waals surface area contributed by atoms with Gasteiger partial charge in [0.15, 0.2) is 0 Å². The Bertz CT molecular complexity index is 1050. The molecule has 33 heavy (non-hydrogen) atoms. The molecule has 1 aromatic heterocycles. The molecular formula is C27H33N3O2S. The monoisotopic (exact) mass is 463 g/mol. The van der Waals surface area contributed by atoms with Crippen molar-refractivity contribution in [2.75, 3.05) is 11.9 Å². The highest BCUT2D eigenvalue weighted by Gasteiger charge is 2.25. The molecule has 0 spiro atoms. The smallest absolute Gasteiger partial charge is 0.322 e. The summed E-state index contributed by atoms with van der Waals surface area (Å²) in [6.45, 7) is 9.14. The zero-order valence-corrected chi connectivity index (χ0v) is 20.7. The number of anilines is 1. The molecule has 6 heteroatoms. The second kappa shape index (κ2) is 11.7. The molecule has 1 unspecified atom stereocenters. The molecule has 5 nitrogen and oxygen atoms in total. The number of carbonyl (C=O) groups excluding carboxylic acids is 2. The van der Waals surface area contributed by atoms with Crippen LogP contribution >= 0.6 is 11.3 Å². The van der Waals surface area contributed by atoms with E-state index < -0.39 is 0 Å². The van der Waals surface area contributed by atoms with Crippen molar-refractivity contribution >= 4 is 29.0 Å². The fourth-order valence-electron chi connectivity index (χ4n) is 3.52. The normalized spacial score (nSPS) is 11.6. The van der Waals surface area contributed by atoms with E-state index in [9.17, 15) is 9.59 Å². The molecule has 0 fully saturated rings. The van der Waals surface area contributed by atoms with Gasteiger partial charge in [-0.1, -0.05) is 55.0 Å². The van der Waals surface area contributed by atoms with Crippen LogP contribution in [0.25, 0.3) is 0 Å². The largest absolute Gasteiger partial charge is 0.332 e. The van der Waals surface area contributed by atoms with E-state index in [1.54, 1.807) is 16.2 Å². The van der Waals surface area contributed by atoms with Crippen molar-refractivity contribution in [3.05, 3.63) is 87.6 Å². The lowest BCUT2D eigenvalue weighted by atomic mass is 10.2. The summed E-state index contributed by atoms with van der Waals surface area (Å²) in [5, 5.41) is 2.95. The van der Waals surface area contributed by atoms with Crippen LogP contribution in [0.4, 0.5) is 10.5 Å². The number of hydrogen-bond donors (Lipinski definition) is 1. The highest BCUT2D eigenvalue weighted by molar-refractivity contribution is 7.11. The lowest BCUT2D eigenvalue weighted by Crippen LogP contribution is -2.47. The first-order chi connectivity index (χ1) is 15.9. The molecule has 1 heterocycles. The van der Waals surface area contributed by atoms with Crippen molar-refractivity contribution in [3.63, 3.8) is 0 Å². The first-order valence-corrected chi connectivity index (χ1v) is 12.2. The van der Waals surface area contributed by atoms with E-state index in [0.717, 1.165) is 28.1 Å². The topological polar surface area (TPSA) is 52.7 Å². The average molecular weight is 464 g/mol. The van der Waals surface area contributed by atoms with Crippen LogP contribution in [0.5, 0.6) is 0 Å². The predicted molar refractivity (Wildman–Crippen MR) is 136 cm³/mol. The summed E-state index contributed by atoms with van der Waals surface area (Å²) in [5.74, 6) is -0.0655. The molecule has 0 aliphatic heterocycles. The molecule has 0 radical (unpaired) electrons. The summed E-state index contributed by atoms with van der Waals surface area (Å²) >= 11 is 1.70. The van der Waals surface area contributed by atoms with Crippen LogP contribution in [-0.2, 0) is 17.9 Å². The van der Waals surface area contributed by atoms with Gasteiger partial charge in [-0.15, -0.1) is 11.3 Å². The van der Waals surface area contributed by atoms with Gasteiger partial charge in [-0.25, -0.2) is 4.79 Å². The van der Waals surface area contributed by atoms with Crippen molar-refractivity contribution in [1.29, 1.82) is 0 Å². The Morgan fingerprint density at radius 3 is 2.24 bits per heavy atom. The van der Waals surface area contributed by atoms with Gasteiger partial charge < -0.3 is 15.1 Å². The van der Waals surface area contributed by atoms with Crippen molar-refractivity contribution in [3.8, 4) is 0 Å². The number of nitrogens with one attached hydrogen (secondary N) is 1. The highest BCUT2D eigenvalue weighted by Crippen LogP contribution is 2.20. The summed E-state index contributed by atoms with van der Waals surface area (Å²) in [4.78, 5) is 32.5. The Morgan fingerprint density at radius 1 is 0.939 bits per heavy atom. The maximum absolute atomic E-state index is 13.5. The summed E-state index contributed by atoms with van der Waals surface area (Å²) in [6.07, 6.45) is 0.761. The number of amides is 3. The van der Waals surface area contributed by atoms with E-state index in [0.29, 0.717) is 13.1 Å². The molecule has 1 atom stereocenters. The quantitative estimate of drug-likeness (QED) is 0.409. The zero-order chi connectivity index (χ0) is 23.8. The fraction of sp³-hybridized carbons (Fsp3) is 0.333. The second-order valence-electron chi connectivity index (χ2n) is 8.43. The molecule has 0 bridgehead atoms. The molecule has 174 valence electrons. The summed E-state index contributed by atoms with van der Waals surface area (Å²) in [7, 11) is 0.